The smallest absolute Gasteiger partial charge is 0.311 e. The lowest BCUT2D eigenvalue weighted by atomic mass is 9.83. The highest BCUT2D eigenvalue weighted by atomic mass is 16.6. The second kappa shape index (κ2) is 5.48. The van der Waals surface area contributed by atoms with Crippen LogP contribution in [0, 0.1) is 22.0 Å². The Morgan fingerprint density at radius 1 is 1.50 bits per heavy atom. The first-order valence-electron chi connectivity index (χ1n) is 6.66. The summed E-state index contributed by atoms with van der Waals surface area (Å²) in [5.41, 5.74) is 6.40. The molecule has 1 aliphatic carbocycles. The van der Waals surface area contributed by atoms with Crippen molar-refractivity contribution in [1.82, 2.24) is 0 Å². The van der Waals surface area contributed by atoms with E-state index in [1.54, 1.807) is 0 Å². The van der Waals surface area contributed by atoms with Gasteiger partial charge in [0, 0.05) is 17.8 Å². The van der Waals surface area contributed by atoms with Gasteiger partial charge in [-0.25, -0.2) is 0 Å². The Labute approximate surface area is 116 Å². The Morgan fingerprint density at radius 2 is 2.20 bits per heavy atom. The number of carbonyl (C=O) groups is 1. The Kier molecular flexibility index (Phi) is 3.92. The molecule has 0 heterocycles. The quantitative estimate of drug-likeness (QED) is 0.500. The number of nitro benzene ring substituents is 1. The molecular weight excluding hydrogens is 260 g/mol. The van der Waals surface area contributed by atoms with Gasteiger partial charge in [-0.3, -0.25) is 14.9 Å². The molecule has 6 nitrogen and oxygen atoms in total. The molecule has 0 bridgehead atoms. The molecule has 6 heteroatoms. The Balaban J connectivity index is 2.41. The van der Waals surface area contributed by atoms with E-state index in [9.17, 15) is 20.0 Å². The van der Waals surface area contributed by atoms with E-state index >= 15 is 0 Å². The summed E-state index contributed by atoms with van der Waals surface area (Å²) in [6, 6.07) is 4.02. The van der Waals surface area contributed by atoms with Gasteiger partial charge in [-0.1, -0.05) is 13.3 Å². The highest BCUT2D eigenvalue weighted by Gasteiger charge is 2.36. The summed E-state index contributed by atoms with van der Waals surface area (Å²) in [5, 5.41) is 20.3. The van der Waals surface area contributed by atoms with Crippen LogP contribution in [0.5, 0.6) is 0 Å². The minimum Gasteiger partial charge on any atom is -0.481 e. The summed E-state index contributed by atoms with van der Waals surface area (Å²) >= 11 is 0. The van der Waals surface area contributed by atoms with Crippen molar-refractivity contribution in [3.05, 3.63) is 33.9 Å². The zero-order valence-corrected chi connectivity index (χ0v) is 11.3. The maximum Gasteiger partial charge on any atom is 0.311 e. The highest BCUT2D eigenvalue weighted by molar-refractivity contribution is 5.79. The zero-order chi connectivity index (χ0) is 14.9. The number of carboxylic acid groups (broad SMARTS) is 1. The molecule has 2 rings (SSSR count). The number of benzene rings is 1. The maximum absolute atomic E-state index is 11.6. The molecule has 3 unspecified atom stereocenters. The van der Waals surface area contributed by atoms with Gasteiger partial charge in [-0.15, -0.1) is 0 Å². The molecule has 0 radical (unpaired) electrons. The van der Waals surface area contributed by atoms with Gasteiger partial charge in [0.2, 0.25) is 0 Å². The number of nitrogens with zero attached hydrogens (tertiary/aromatic N) is 1. The number of anilines is 1. The van der Waals surface area contributed by atoms with Crippen molar-refractivity contribution in [2.45, 2.75) is 32.1 Å². The Morgan fingerprint density at radius 3 is 2.70 bits per heavy atom. The van der Waals surface area contributed by atoms with Gasteiger partial charge >= 0.3 is 5.97 Å². The summed E-state index contributed by atoms with van der Waals surface area (Å²) in [7, 11) is 0. The van der Waals surface area contributed by atoms with Gasteiger partial charge < -0.3 is 10.8 Å². The molecule has 3 atom stereocenters. The van der Waals surface area contributed by atoms with Crippen LogP contribution in [0.4, 0.5) is 11.4 Å². The van der Waals surface area contributed by atoms with E-state index < -0.39 is 16.8 Å². The van der Waals surface area contributed by atoms with Crippen LogP contribution < -0.4 is 5.73 Å². The van der Waals surface area contributed by atoms with E-state index in [4.69, 9.17) is 5.73 Å². The number of nitrogen functional groups attached to an aromatic ring is 1. The van der Waals surface area contributed by atoms with Crippen LogP contribution in [0.15, 0.2) is 18.2 Å². The van der Waals surface area contributed by atoms with Crippen molar-refractivity contribution in [3.63, 3.8) is 0 Å². The van der Waals surface area contributed by atoms with Crippen LogP contribution in [0.3, 0.4) is 0 Å². The van der Waals surface area contributed by atoms with Crippen LogP contribution in [0.1, 0.15) is 37.7 Å². The van der Waals surface area contributed by atoms with Gasteiger partial charge in [0.25, 0.3) is 5.69 Å². The lowest BCUT2D eigenvalue weighted by molar-refractivity contribution is -0.384. The minimum atomic E-state index is -0.962. The van der Waals surface area contributed by atoms with Gasteiger partial charge in [-0.05, 0) is 36.3 Å². The molecule has 1 saturated carbocycles. The maximum atomic E-state index is 11.6. The largest absolute Gasteiger partial charge is 0.481 e. The second-order valence-corrected chi connectivity index (χ2v) is 5.56. The number of aliphatic carboxylic acids is 1. The van der Waals surface area contributed by atoms with E-state index in [1.165, 1.54) is 18.2 Å². The average Bonchev–Trinajstić information content (AvgIpc) is 2.77. The van der Waals surface area contributed by atoms with Gasteiger partial charge in [0.1, 0.15) is 0 Å². The third kappa shape index (κ3) is 2.74. The lowest BCUT2D eigenvalue weighted by Crippen LogP contribution is -2.21. The van der Waals surface area contributed by atoms with Crippen molar-refractivity contribution >= 4 is 17.3 Å². The molecular formula is C14H18N2O4. The molecule has 108 valence electrons. The summed E-state index contributed by atoms with van der Waals surface area (Å²) in [6.07, 6.45) is 2.63. The number of rotatable bonds is 4. The van der Waals surface area contributed by atoms with E-state index in [-0.39, 0.29) is 11.6 Å². The van der Waals surface area contributed by atoms with Crippen LogP contribution in [0.25, 0.3) is 0 Å². The van der Waals surface area contributed by atoms with Crippen LogP contribution >= 0.6 is 0 Å². The fourth-order valence-electron chi connectivity index (χ4n) is 3.09. The van der Waals surface area contributed by atoms with Gasteiger partial charge in [0.05, 0.1) is 10.8 Å². The first-order valence-corrected chi connectivity index (χ1v) is 6.66. The number of nitro groups is 1. The molecule has 1 aromatic carbocycles. The molecule has 20 heavy (non-hydrogen) atoms. The predicted molar refractivity (Wildman–Crippen MR) is 74.4 cm³/mol. The van der Waals surface area contributed by atoms with E-state index in [1.807, 2.05) is 0 Å². The molecule has 1 aromatic rings. The standard InChI is InChI=1S/C14H18N2O4/c1-8-2-3-9(6-8)13(14(17)18)11-7-10(16(19)20)4-5-12(11)15/h4-5,7-9,13H,2-3,6,15H2,1H3,(H,17,18). The number of hydrogen-bond donors (Lipinski definition) is 2. The lowest BCUT2D eigenvalue weighted by Gasteiger charge is -2.21. The van der Waals surface area contributed by atoms with Crippen molar-refractivity contribution in [1.29, 1.82) is 0 Å². The molecule has 1 fully saturated rings. The number of carboxylic acids is 1. The Bertz CT molecular complexity index is 544. The Hall–Kier alpha value is -2.11. The molecule has 0 spiro atoms. The SMILES string of the molecule is CC1CCC(C(C(=O)O)c2cc([N+](=O)[O-])ccc2N)C1. The molecule has 0 aromatic heterocycles. The van der Waals surface area contributed by atoms with Crippen molar-refractivity contribution in [2.75, 3.05) is 5.73 Å². The summed E-state index contributed by atoms with van der Waals surface area (Å²) in [6.45, 7) is 2.09. The molecule has 0 saturated heterocycles. The third-order valence-electron chi connectivity index (χ3n) is 4.09. The molecule has 1 aliphatic rings. The van der Waals surface area contributed by atoms with Crippen LogP contribution in [0.2, 0.25) is 0 Å². The summed E-state index contributed by atoms with van der Waals surface area (Å²) in [5.74, 6) is -1.25. The van der Waals surface area contributed by atoms with E-state index in [2.05, 4.69) is 6.92 Å². The normalized spacial score (nSPS) is 23.4. The number of hydrogen-bond acceptors (Lipinski definition) is 4. The second-order valence-electron chi connectivity index (χ2n) is 5.56. The van der Waals surface area contributed by atoms with Gasteiger partial charge in [-0.2, -0.15) is 0 Å². The van der Waals surface area contributed by atoms with Crippen molar-refractivity contribution in [2.24, 2.45) is 11.8 Å². The topological polar surface area (TPSA) is 106 Å². The van der Waals surface area contributed by atoms with Gasteiger partial charge in [0.15, 0.2) is 0 Å². The first-order chi connectivity index (χ1) is 9.40. The summed E-state index contributed by atoms with van der Waals surface area (Å²) in [4.78, 5) is 21.9. The third-order valence-corrected chi connectivity index (χ3v) is 4.09. The van der Waals surface area contributed by atoms with E-state index in [0.29, 0.717) is 17.2 Å². The summed E-state index contributed by atoms with van der Waals surface area (Å²) < 4.78 is 0. The van der Waals surface area contributed by atoms with E-state index in [0.717, 1.165) is 19.3 Å². The fourth-order valence-corrected chi connectivity index (χ4v) is 3.09. The monoisotopic (exact) mass is 278 g/mol. The minimum absolute atomic E-state index is 0.00759. The molecule has 3 N–H and O–H groups in total. The highest BCUT2D eigenvalue weighted by Crippen LogP contribution is 2.42. The number of non-ortho nitro benzene ring substituents is 1. The first kappa shape index (κ1) is 14.3. The van der Waals surface area contributed by atoms with Crippen molar-refractivity contribution < 1.29 is 14.8 Å². The average molecular weight is 278 g/mol. The number of nitrogens with two attached hydrogens (primary N) is 1. The predicted octanol–water partition coefficient (Wildman–Crippen LogP) is 2.78. The van der Waals surface area contributed by atoms with Crippen LogP contribution in [-0.2, 0) is 4.79 Å². The molecule has 0 amide bonds. The fraction of sp³-hybridized carbons (Fsp3) is 0.500. The zero-order valence-electron chi connectivity index (χ0n) is 11.3. The van der Waals surface area contributed by atoms with Crippen molar-refractivity contribution in [3.8, 4) is 0 Å². The molecule has 0 aliphatic heterocycles. The van der Waals surface area contributed by atoms with Crippen LogP contribution in [-0.4, -0.2) is 16.0 Å².